The van der Waals surface area contributed by atoms with Crippen molar-refractivity contribution in [2.45, 2.75) is 19.0 Å². The number of likely N-dealkylation sites (N-methyl/N-ethyl adjacent to an activating group) is 1. The number of nitrogens with one attached hydrogen (secondary N) is 1. The van der Waals surface area contributed by atoms with Crippen molar-refractivity contribution in [2.24, 2.45) is 0 Å². The lowest BCUT2D eigenvalue weighted by molar-refractivity contribution is -0.139. The number of anilines is 1. The summed E-state index contributed by atoms with van der Waals surface area (Å²) in [6, 6.07) is 18.9. The smallest absolute Gasteiger partial charge is 0.244 e. The number of nitrogens with zero attached hydrogens (tertiary/aromatic N) is 2. The molecule has 2 amide bonds. The minimum Gasteiger partial charge on any atom is -0.357 e. The molecule has 37 heavy (non-hydrogen) atoms. The van der Waals surface area contributed by atoms with E-state index in [1.807, 2.05) is 54.6 Å². The second-order valence-electron chi connectivity index (χ2n) is 8.34. The number of carbonyl (C=O) groups is 2. The van der Waals surface area contributed by atoms with Crippen LogP contribution in [0.2, 0.25) is 5.02 Å². The quantitative estimate of drug-likeness (QED) is 0.369. The van der Waals surface area contributed by atoms with Crippen LogP contribution >= 0.6 is 27.5 Å². The van der Waals surface area contributed by atoms with Crippen LogP contribution in [-0.4, -0.2) is 51.0 Å². The summed E-state index contributed by atoms with van der Waals surface area (Å²) < 4.78 is 40.8. The number of carbonyl (C=O) groups excluding carboxylic acids is 2. The molecular formula is C26H26BrClFN3O4S. The Balaban J connectivity index is 2.03. The molecule has 0 bridgehead atoms. The average Bonchev–Trinajstić information content (AvgIpc) is 2.87. The Morgan fingerprint density at radius 2 is 1.68 bits per heavy atom. The van der Waals surface area contributed by atoms with Gasteiger partial charge in [-0.15, -0.1) is 0 Å². The average molecular weight is 611 g/mol. The second-order valence-corrected chi connectivity index (χ2v) is 11.6. The third kappa shape index (κ3) is 7.77. The Morgan fingerprint density at radius 1 is 1.03 bits per heavy atom. The van der Waals surface area contributed by atoms with Crippen LogP contribution in [0.5, 0.6) is 0 Å². The first-order valence-corrected chi connectivity index (χ1v) is 14.2. The van der Waals surface area contributed by atoms with E-state index >= 15 is 0 Å². The first-order valence-electron chi connectivity index (χ1n) is 11.2. The highest BCUT2D eigenvalue weighted by Crippen LogP contribution is 2.25. The zero-order valence-electron chi connectivity index (χ0n) is 20.2. The Kier molecular flexibility index (Phi) is 9.69. The zero-order chi connectivity index (χ0) is 27.2. The molecule has 11 heteroatoms. The molecule has 1 N–H and O–H groups in total. The van der Waals surface area contributed by atoms with E-state index in [1.165, 1.54) is 18.0 Å². The fraction of sp³-hybridized carbons (Fsp3) is 0.231. The summed E-state index contributed by atoms with van der Waals surface area (Å²) in [6.45, 7) is -0.557. The summed E-state index contributed by atoms with van der Waals surface area (Å²) in [5.74, 6) is -1.73. The van der Waals surface area contributed by atoms with Crippen molar-refractivity contribution in [3.8, 4) is 0 Å². The lowest BCUT2D eigenvalue weighted by Crippen LogP contribution is -2.52. The normalized spacial score (nSPS) is 12.0. The molecule has 0 saturated carbocycles. The van der Waals surface area contributed by atoms with Gasteiger partial charge >= 0.3 is 0 Å². The molecule has 1 atom stereocenters. The maximum Gasteiger partial charge on any atom is 0.244 e. The maximum atomic E-state index is 13.8. The van der Waals surface area contributed by atoms with Gasteiger partial charge in [0.2, 0.25) is 21.8 Å². The predicted molar refractivity (Wildman–Crippen MR) is 146 cm³/mol. The first-order chi connectivity index (χ1) is 17.5. The van der Waals surface area contributed by atoms with Gasteiger partial charge in [0.25, 0.3) is 0 Å². The molecule has 0 aromatic heterocycles. The number of benzene rings is 3. The van der Waals surface area contributed by atoms with E-state index in [1.54, 1.807) is 0 Å². The van der Waals surface area contributed by atoms with Crippen LogP contribution < -0.4 is 9.62 Å². The minimum absolute atomic E-state index is 0.0328. The molecule has 196 valence electrons. The van der Waals surface area contributed by atoms with Crippen molar-refractivity contribution in [1.29, 1.82) is 0 Å². The van der Waals surface area contributed by atoms with Crippen LogP contribution in [0.3, 0.4) is 0 Å². The summed E-state index contributed by atoms with van der Waals surface area (Å²) >= 11 is 9.26. The minimum atomic E-state index is -3.97. The molecule has 3 aromatic rings. The Bertz CT molecular complexity index is 1360. The number of hydrogen-bond donors (Lipinski definition) is 1. The summed E-state index contributed by atoms with van der Waals surface area (Å²) in [6.07, 6.45) is 1.15. The summed E-state index contributed by atoms with van der Waals surface area (Å²) in [4.78, 5) is 28.2. The largest absolute Gasteiger partial charge is 0.357 e. The molecule has 0 radical (unpaired) electrons. The summed E-state index contributed by atoms with van der Waals surface area (Å²) in [5, 5.41) is 2.33. The SMILES string of the molecule is CNC(=O)[C@@H](Cc1ccccc1)N(Cc1ccc(Br)cc1)C(=O)CN(c1ccc(F)c(Cl)c1)S(C)(=O)=O. The van der Waals surface area contributed by atoms with E-state index in [-0.39, 0.29) is 23.7 Å². The van der Waals surface area contributed by atoms with Crippen molar-refractivity contribution >= 4 is 55.1 Å². The predicted octanol–water partition coefficient (Wildman–Crippen LogP) is 4.39. The molecule has 0 unspecified atom stereocenters. The van der Waals surface area contributed by atoms with Crippen molar-refractivity contribution in [1.82, 2.24) is 10.2 Å². The molecule has 0 spiro atoms. The number of halogens is 3. The highest BCUT2D eigenvalue weighted by molar-refractivity contribution is 9.10. The van der Waals surface area contributed by atoms with Gasteiger partial charge in [0.15, 0.2) is 0 Å². The molecule has 0 heterocycles. The molecule has 0 aliphatic rings. The highest BCUT2D eigenvalue weighted by Gasteiger charge is 2.32. The Hall–Kier alpha value is -2.95. The van der Waals surface area contributed by atoms with Gasteiger partial charge in [-0.05, 0) is 41.5 Å². The lowest BCUT2D eigenvalue weighted by atomic mass is 10.0. The first kappa shape index (κ1) is 28.6. The van der Waals surface area contributed by atoms with Crippen molar-refractivity contribution in [2.75, 3.05) is 24.2 Å². The van der Waals surface area contributed by atoms with Crippen LogP contribution in [0.4, 0.5) is 10.1 Å². The number of amides is 2. The van der Waals surface area contributed by atoms with Gasteiger partial charge in [0.1, 0.15) is 18.4 Å². The van der Waals surface area contributed by atoms with Crippen molar-refractivity contribution in [3.63, 3.8) is 0 Å². The van der Waals surface area contributed by atoms with Gasteiger partial charge in [-0.3, -0.25) is 13.9 Å². The van der Waals surface area contributed by atoms with E-state index < -0.39 is 40.2 Å². The van der Waals surface area contributed by atoms with Gasteiger partial charge in [0.05, 0.1) is 17.0 Å². The third-order valence-corrected chi connectivity index (χ3v) is 7.61. The molecular weight excluding hydrogens is 585 g/mol. The summed E-state index contributed by atoms with van der Waals surface area (Å²) in [5.41, 5.74) is 1.61. The fourth-order valence-corrected chi connectivity index (χ4v) is 5.04. The lowest BCUT2D eigenvalue weighted by Gasteiger charge is -2.33. The number of sulfonamides is 1. The standard InChI is InChI=1S/C26H26BrClFN3O4S/c1-30-26(34)24(14-18-6-4-3-5-7-18)31(16-19-8-10-20(27)11-9-19)25(33)17-32(37(2,35)36)21-12-13-23(29)22(28)15-21/h3-13,15,24H,14,16-17H2,1-2H3,(H,30,34)/t24-/m1/s1. The van der Waals surface area contributed by atoms with Crippen LogP contribution in [0.25, 0.3) is 0 Å². The zero-order valence-corrected chi connectivity index (χ0v) is 23.4. The van der Waals surface area contributed by atoms with Crippen molar-refractivity contribution < 1.29 is 22.4 Å². The molecule has 3 rings (SSSR count). The van der Waals surface area contributed by atoms with Gasteiger partial charge in [-0.25, -0.2) is 12.8 Å². The van der Waals surface area contributed by atoms with E-state index in [0.29, 0.717) is 0 Å². The van der Waals surface area contributed by atoms with Crippen LogP contribution in [0.15, 0.2) is 77.3 Å². The highest BCUT2D eigenvalue weighted by atomic mass is 79.9. The van der Waals surface area contributed by atoms with E-state index in [9.17, 15) is 22.4 Å². The number of hydrogen-bond acceptors (Lipinski definition) is 4. The monoisotopic (exact) mass is 609 g/mol. The van der Waals surface area contributed by atoms with E-state index in [4.69, 9.17) is 11.6 Å². The Labute approximate surface area is 229 Å². The fourth-order valence-electron chi connectivity index (χ4n) is 3.76. The molecule has 3 aromatic carbocycles. The molecule has 0 saturated heterocycles. The molecule has 7 nitrogen and oxygen atoms in total. The van der Waals surface area contributed by atoms with Gasteiger partial charge in [0, 0.05) is 24.5 Å². The number of rotatable bonds is 10. The summed E-state index contributed by atoms with van der Waals surface area (Å²) in [7, 11) is -2.49. The maximum absolute atomic E-state index is 13.8. The molecule has 0 fully saturated rings. The third-order valence-electron chi connectivity index (χ3n) is 5.65. The second kappa shape index (κ2) is 12.5. The van der Waals surface area contributed by atoms with Gasteiger partial charge in [-0.2, -0.15) is 0 Å². The van der Waals surface area contributed by atoms with Gasteiger partial charge < -0.3 is 10.2 Å². The van der Waals surface area contributed by atoms with Crippen molar-refractivity contribution in [3.05, 3.63) is 99.2 Å². The van der Waals surface area contributed by atoms with Crippen LogP contribution in [0.1, 0.15) is 11.1 Å². The van der Waals surface area contributed by atoms with Crippen LogP contribution in [0, 0.1) is 5.82 Å². The van der Waals surface area contributed by atoms with E-state index in [0.717, 1.165) is 38.3 Å². The Morgan fingerprint density at radius 3 is 2.24 bits per heavy atom. The molecule has 0 aliphatic carbocycles. The van der Waals surface area contributed by atoms with Gasteiger partial charge in [-0.1, -0.05) is 70.0 Å². The van der Waals surface area contributed by atoms with Crippen LogP contribution in [-0.2, 0) is 32.6 Å². The topological polar surface area (TPSA) is 86.8 Å². The van der Waals surface area contributed by atoms with E-state index in [2.05, 4.69) is 21.2 Å². The molecule has 0 aliphatic heterocycles.